The number of carbonyl (C=O) groups is 4. The molecule has 55 heavy (non-hydrogen) atoms. The first-order chi connectivity index (χ1) is 26.1. The number of ether oxygens (including phenoxy) is 1. The van der Waals surface area contributed by atoms with Crippen molar-refractivity contribution in [1.82, 2.24) is 40.2 Å². The summed E-state index contributed by atoms with van der Waals surface area (Å²) in [6.07, 6.45) is 6.85. The molecule has 4 aromatic rings. The highest BCUT2D eigenvalue weighted by Crippen LogP contribution is 2.46. The molecular formula is C37H42N8O8S2. The van der Waals surface area contributed by atoms with Gasteiger partial charge >= 0.3 is 0 Å². The monoisotopic (exact) mass is 790 g/mol. The van der Waals surface area contributed by atoms with Crippen molar-refractivity contribution in [3.63, 3.8) is 0 Å². The van der Waals surface area contributed by atoms with Gasteiger partial charge in [0.25, 0.3) is 11.8 Å². The zero-order chi connectivity index (χ0) is 39.3. The number of nitrogens with zero attached hydrogens (tertiary/aromatic N) is 5. The van der Waals surface area contributed by atoms with Crippen LogP contribution >= 0.6 is 11.3 Å². The number of aromatic nitrogens is 4. The van der Waals surface area contributed by atoms with E-state index in [4.69, 9.17) is 19.4 Å². The van der Waals surface area contributed by atoms with Gasteiger partial charge in [0, 0.05) is 36.0 Å². The number of nitrogens with one attached hydrogen (secondary N) is 3. The smallest absolute Gasteiger partial charge is 0.259 e. The Balaban J connectivity index is 1.23. The first-order valence-electron chi connectivity index (χ1n) is 17.8. The fourth-order valence-corrected chi connectivity index (χ4v) is 8.81. The van der Waals surface area contributed by atoms with Gasteiger partial charge in [0.05, 0.1) is 30.2 Å². The summed E-state index contributed by atoms with van der Waals surface area (Å²) in [5.41, 5.74) is -0.397. The van der Waals surface area contributed by atoms with E-state index >= 15 is 0 Å². The number of carbonyl (C=O) groups excluding carboxylic acids is 4. The Hall–Kier alpha value is -5.36. The summed E-state index contributed by atoms with van der Waals surface area (Å²) in [5.74, 6) is -2.48. The molecule has 0 unspecified atom stereocenters. The van der Waals surface area contributed by atoms with Gasteiger partial charge in [-0.2, -0.15) is 9.90 Å². The number of hydrogen-bond donors (Lipinski definition) is 3. The molecule has 18 heteroatoms. The Labute approximate surface area is 321 Å². The van der Waals surface area contributed by atoms with E-state index in [0.717, 1.165) is 5.56 Å². The highest BCUT2D eigenvalue weighted by atomic mass is 32.2. The fourth-order valence-electron chi connectivity index (χ4n) is 6.83. The number of rotatable bonds is 13. The largest absolute Gasteiger partial charge is 0.497 e. The van der Waals surface area contributed by atoms with Gasteiger partial charge in [-0.15, -0.1) is 23.0 Å². The van der Waals surface area contributed by atoms with E-state index in [1.165, 1.54) is 45.7 Å². The second-order valence-corrected chi connectivity index (χ2v) is 18.0. The average Bonchev–Trinajstić information content (AvgIpc) is 3.72. The summed E-state index contributed by atoms with van der Waals surface area (Å²) in [4.78, 5) is 63.3. The minimum Gasteiger partial charge on any atom is -0.497 e. The van der Waals surface area contributed by atoms with Gasteiger partial charge in [0.15, 0.2) is 0 Å². The lowest BCUT2D eigenvalue weighted by atomic mass is 9.85. The number of methoxy groups -OCH3 is 1. The summed E-state index contributed by atoms with van der Waals surface area (Å²) < 4.78 is 38.1. The van der Waals surface area contributed by atoms with Crippen molar-refractivity contribution in [2.75, 3.05) is 13.7 Å². The maximum Gasteiger partial charge on any atom is 0.259 e. The topological polar surface area (TPSA) is 208 Å². The standard InChI is InChI=1S/C37H42N8O8S2/c1-6-23-18-37(23,35(49)43-55(50,51)26-11-12-26)40-32(47)27-17-24(19-44(27)34(48)30(36(2,3)4)39-31(46)22-13-15-53-20-22)45-41-28(21-7-9-25(52-5)10-8-21)29(42-45)33-38-14-16-54-33/h6-10,13-16,20,23-24,26-27,30H,1,11-12,17-19H2,2-5H3,(H,39,46)(H,40,47)(H,43,49)/t23-,24-,27+,30+,37+/m1/s1. The number of amides is 4. The molecule has 2 aliphatic carbocycles. The lowest BCUT2D eigenvalue weighted by Crippen LogP contribution is -2.60. The highest BCUT2D eigenvalue weighted by Gasteiger charge is 2.62. The third-order valence-electron chi connectivity index (χ3n) is 10.2. The molecule has 16 nitrogen and oxygen atoms in total. The molecule has 0 spiro atoms. The summed E-state index contributed by atoms with van der Waals surface area (Å²) in [6.45, 7) is 9.14. The van der Waals surface area contributed by atoms with Crippen LogP contribution in [-0.4, -0.2) is 93.5 Å². The molecule has 4 amide bonds. The Morgan fingerprint density at radius 3 is 2.42 bits per heavy atom. The van der Waals surface area contributed by atoms with Crippen LogP contribution in [0.4, 0.5) is 0 Å². The molecule has 1 aromatic carbocycles. The number of thiazole rings is 1. The predicted molar refractivity (Wildman–Crippen MR) is 201 cm³/mol. The van der Waals surface area contributed by atoms with Crippen molar-refractivity contribution in [1.29, 1.82) is 0 Å². The summed E-state index contributed by atoms with van der Waals surface area (Å²) in [5, 5.41) is 17.2. The van der Waals surface area contributed by atoms with Crippen LogP contribution in [0.1, 0.15) is 62.9 Å². The molecule has 5 atom stereocenters. The molecule has 7 rings (SSSR count). The molecule has 290 valence electrons. The van der Waals surface area contributed by atoms with E-state index in [-0.39, 0.29) is 24.9 Å². The van der Waals surface area contributed by atoms with Crippen molar-refractivity contribution in [2.24, 2.45) is 11.3 Å². The molecular weight excluding hydrogens is 749 g/mol. The maximum atomic E-state index is 14.7. The molecule has 1 aliphatic heterocycles. The Morgan fingerprint density at radius 2 is 1.84 bits per heavy atom. The molecule has 3 aromatic heterocycles. The van der Waals surface area contributed by atoms with Crippen LogP contribution in [0.15, 0.2) is 71.5 Å². The first-order valence-corrected chi connectivity index (χ1v) is 20.2. The van der Waals surface area contributed by atoms with Gasteiger partial charge in [-0.05, 0) is 55.0 Å². The van der Waals surface area contributed by atoms with Gasteiger partial charge < -0.3 is 24.7 Å². The fraction of sp³-hybridized carbons (Fsp3) is 0.432. The van der Waals surface area contributed by atoms with Gasteiger partial charge in [-0.3, -0.25) is 23.9 Å². The van der Waals surface area contributed by atoms with Gasteiger partial charge in [0.1, 0.15) is 46.0 Å². The lowest BCUT2D eigenvalue weighted by molar-refractivity contribution is -0.142. The van der Waals surface area contributed by atoms with E-state index in [9.17, 15) is 27.6 Å². The third-order valence-corrected chi connectivity index (χ3v) is 12.8. The van der Waals surface area contributed by atoms with Crippen LogP contribution in [0.2, 0.25) is 0 Å². The van der Waals surface area contributed by atoms with E-state index in [2.05, 4.69) is 26.9 Å². The van der Waals surface area contributed by atoms with Crippen LogP contribution in [0.25, 0.3) is 22.0 Å². The predicted octanol–water partition coefficient (Wildman–Crippen LogP) is 3.33. The van der Waals surface area contributed by atoms with Crippen LogP contribution in [0.5, 0.6) is 5.75 Å². The quantitative estimate of drug-likeness (QED) is 0.168. The summed E-state index contributed by atoms with van der Waals surface area (Å²) in [7, 11) is -2.34. The summed E-state index contributed by atoms with van der Waals surface area (Å²) >= 11 is 1.38. The van der Waals surface area contributed by atoms with E-state index in [1.54, 1.807) is 46.2 Å². The van der Waals surface area contributed by atoms with Gasteiger partial charge in [0.2, 0.25) is 21.8 Å². The Kier molecular flexibility index (Phi) is 9.91. The zero-order valence-electron chi connectivity index (χ0n) is 30.7. The second-order valence-electron chi connectivity index (χ2n) is 15.1. The number of likely N-dealkylation sites (tertiary alicyclic amines) is 1. The SMILES string of the molecule is C=C[C@@H]1C[C@@]1(NC(=O)[C@@H]1C[C@@H](n2nc(-c3ccc(OC)cc3)c(-c3nccs3)n2)CN1C(=O)[C@H](NC(=O)c1ccoc1)C(C)(C)C)C(=O)NS(=O)(=O)C1CC1. The van der Waals surface area contributed by atoms with Crippen LogP contribution < -0.4 is 20.1 Å². The van der Waals surface area contributed by atoms with E-state index in [0.29, 0.717) is 35.0 Å². The van der Waals surface area contributed by atoms with Crippen LogP contribution in [0.3, 0.4) is 0 Å². The minimum atomic E-state index is -3.92. The van der Waals surface area contributed by atoms with Gasteiger partial charge in [-0.1, -0.05) is 26.8 Å². The van der Waals surface area contributed by atoms with Crippen molar-refractivity contribution >= 4 is 45.0 Å². The number of furan rings is 1. The van der Waals surface area contributed by atoms with Crippen LogP contribution in [-0.2, 0) is 24.4 Å². The first kappa shape index (κ1) is 37.9. The molecule has 0 bridgehead atoms. The van der Waals surface area contributed by atoms with Crippen molar-refractivity contribution in [3.8, 4) is 27.7 Å². The third kappa shape index (κ3) is 7.52. The molecule has 2 saturated carbocycles. The normalized spacial score (nSPS) is 22.8. The molecule has 1 saturated heterocycles. The summed E-state index contributed by atoms with van der Waals surface area (Å²) in [6, 6.07) is 5.88. The van der Waals surface area contributed by atoms with Gasteiger partial charge in [-0.25, -0.2) is 13.4 Å². The van der Waals surface area contributed by atoms with Crippen molar-refractivity contribution in [2.45, 2.75) is 75.4 Å². The number of hydrogen-bond acceptors (Lipinski definition) is 12. The van der Waals surface area contributed by atoms with Crippen molar-refractivity contribution in [3.05, 3.63) is 72.7 Å². The lowest BCUT2D eigenvalue weighted by Gasteiger charge is -2.35. The molecule has 3 N–H and O–H groups in total. The zero-order valence-corrected chi connectivity index (χ0v) is 32.4. The minimum absolute atomic E-state index is 0.0285. The van der Waals surface area contributed by atoms with Crippen LogP contribution in [0, 0.1) is 11.3 Å². The highest BCUT2D eigenvalue weighted by molar-refractivity contribution is 7.91. The Bertz CT molecular complexity index is 2210. The second kappa shape index (κ2) is 14.4. The molecule has 0 radical (unpaired) electrons. The van der Waals surface area contributed by atoms with Crippen molar-refractivity contribution < 1.29 is 36.7 Å². The Morgan fingerprint density at radius 1 is 1.11 bits per heavy atom. The maximum absolute atomic E-state index is 14.7. The number of benzene rings is 1. The molecule has 3 aliphatic rings. The molecule has 4 heterocycles. The number of sulfonamides is 1. The molecule has 3 fully saturated rings. The van der Waals surface area contributed by atoms with E-state index < -0.39 is 73.9 Å². The van der Waals surface area contributed by atoms with E-state index in [1.807, 2.05) is 17.5 Å². The average molecular weight is 791 g/mol.